The molecule has 4 heteroatoms. The Kier molecular flexibility index (Phi) is 6.19. The Morgan fingerprint density at radius 2 is 1.06 bits per heavy atom. The number of furan rings is 1. The number of fused-ring (bicyclic) bond motifs is 7. The maximum absolute atomic E-state index is 6.44. The predicted octanol–water partition coefficient (Wildman–Crippen LogP) is 10.9. The molecule has 47 heavy (non-hydrogen) atoms. The van der Waals surface area contributed by atoms with E-state index >= 15 is 0 Å². The topological polar surface area (TPSA) is 51.8 Å². The molecule has 1 aliphatic carbocycles. The minimum Gasteiger partial charge on any atom is -0.456 e. The van der Waals surface area contributed by atoms with Gasteiger partial charge in [0.15, 0.2) is 17.5 Å². The molecule has 0 amide bonds. The summed E-state index contributed by atoms with van der Waals surface area (Å²) < 4.78 is 6.44. The van der Waals surface area contributed by atoms with Crippen molar-refractivity contribution >= 4 is 21.9 Å². The number of nitrogens with zero attached hydrogens (tertiary/aromatic N) is 3. The summed E-state index contributed by atoms with van der Waals surface area (Å²) in [6, 6.07) is 48.4. The molecule has 0 unspecified atom stereocenters. The largest absolute Gasteiger partial charge is 0.456 e. The van der Waals surface area contributed by atoms with Crippen molar-refractivity contribution in [1.29, 1.82) is 0 Å². The highest BCUT2D eigenvalue weighted by molar-refractivity contribution is 6.10. The fourth-order valence-electron chi connectivity index (χ4n) is 7.18. The average molecular weight is 606 g/mol. The van der Waals surface area contributed by atoms with Crippen LogP contribution in [0.2, 0.25) is 0 Å². The molecule has 0 aliphatic heterocycles. The molecule has 0 fully saturated rings. The standard InChI is InChI=1S/C43H31N3O/c1-43(2)26-35-32(33-18-9-10-19-36(33)43)21-23-38-39(35)34-25-30(20-22-37(34)47-38)29-16-11-17-31(24-29)42-45-40(27-12-5-3-6-13-27)44-41(46-42)28-14-7-4-8-15-28/h3-25H,26H2,1-2H3. The van der Waals surface area contributed by atoms with Gasteiger partial charge in [-0.2, -0.15) is 0 Å². The van der Waals surface area contributed by atoms with Crippen molar-refractivity contribution in [2.24, 2.45) is 0 Å². The molecule has 0 atom stereocenters. The molecule has 224 valence electrons. The molecule has 2 aromatic heterocycles. The summed E-state index contributed by atoms with van der Waals surface area (Å²) in [4.78, 5) is 14.8. The predicted molar refractivity (Wildman–Crippen MR) is 191 cm³/mol. The lowest BCUT2D eigenvalue weighted by molar-refractivity contribution is 0.519. The van der Waals surface area contributed by atoms with Gasteiger partial charge in [0.05, 0.1) is 0 Å². The van der Waals surface area contributed by atoms with Gasteiger partial charge in [-0.05, 0) is 69.5 Å². The number of hydrogen-bond donors (Lipinski definition) is 0. The first-order valence-electron chi connectivity index (χ1n) is 16.1. The highest BCUT2D eigenvalue weighted by atomic mass is 16.3. The second-order valence-corrected chi connectivity index (χ2v) is 13.0. The van der Waals surface area contributed by atoms with E-state index in [0.29, 0.717) is 17.5 Å². The molecule has 9 rings (SSSR count). The van der Waals surface area contributed by atoms with Gasteiger partial charge in [0.1, 0.15) is 11.2 Å². The van der Waals surface area contributed by atoms with Crippen LogP contribution in [0.15, 0.2) is 144 Å². The summed E-state index contributed by atoms with van der Waals surface area (Å²) in [6.07, 6.45) is 0.956. The van der Waals surface area contributed by atoms with Gasteiger partial charge < -0.3 is 4.42 Å². The summed E-state index contributed by atoms with van der Waals surface area (Å²) in [6.45, 7) is 4.70. The van der Waals surface area contributed by atoms with E-state index in [0.717, 1.165) is 50.8 Å². The van der Waals surface area contributed by atoms with Crippen LogP contribution in [0.4, 0.5) is 0 Å². The van der Waals surface area contributed by atoms with Crippen LogP contribution < -0.4 is 0 Å². The molecule has 0 spiro atoms. The number of rotatable bonds is 4. The smallest absolute Gasteiger partial charge is 0.164 e. The molecular weight excluding hydrogens is 574 g/mol. The molecule has 0 saturated carbocycles. The zero-order valence-electron chi connectivity index (χ0n) is 26.2. The molecule has 0 radical (unpaired) electrons. The van der Waals surface area contributed by atoms with Crippen LogP contribution >= 0.6 is 0 Å². The summed E-state index contributed by atoms with van der Waals surface area (Å²) in [5, 5.41) is 2.36. The summed E-state index contributed by atoms with van der Waals surface area (Å²) in [5.74, 6) is 1.95. The van der Waals surface area contributed by atoms with Crippen LogP contribution in [-0.4, -0.2) is 15.0 Å². The van der Waals surface area contributed by atoms with Crippen LogP contribution in [0.25, 0.3) is 78.4 Å². The van der Waals surface area contributed by atoms with Gasteiger partial charge in [0, 0.05) is 27.5 Å². The molecule has 0 bridgehead atoms. The first-order chi connectivity index (χ1) is 23.0. The van der Waals surface area contributed by atoms with Crippen LogP contribution in [0.3, 0.4) is 0 Å². The van der Waals surface area contributed by atoms with E-state index in [2.05, 4.69) is 92.7 Å². The SMILES string of the molecule is CC1(C)Cc2c(ccc3oc4ccc(-c5cccc(-c6nc(-c7ccccc7)nc(-c7ccccc7)n6)c5)cc4c23)-c2ccccc21. The number of aromatic nitrogens is 3. The highest BCUT2D eigenvalue weighted by Gasteiger charge is 2.32. The van der Waals surface area contributed by atoms with Crippen LogP contribution in [-0.2, 0) is 11.8 Å². The van der Waals surface area contributed by atoms with Crippen molar-refractivity contribution in [3.63, 3.8) is 0 Å². The Labute approximate surface area is 273 Å². The van der Waals surface area contributed by atoms with Crippen molar-refractivity contribution in [2.45, 2.75) is 25.7 Å². The second kappa shape index (κ2) is 10.6. The molecule has 1 aliphatic rings. The van der Waals surface area contributed by atoms with Crippen LogP contribution in [0.1, 0.15) is 25.0 Å². The lowest BCUT2D eigenvalue weighted by Gasteiger charge is -2.34. The maximum Gasteiger partial charge on any atom is 0.164 e. The molecule has 0 saturated heterocycles. The zero-order valence-corrected chi connectivity index (χ0v) is 26.2. The Morgan fingerprint density at radius 3 is 1.79 bits per heavy atom. The van der Waals surface area contributed by atoms with Crippen molar-refractivity contribution in [1.82, 2.24) is 15.0 Å². The number of hydrogen-bond acceptors (Lipinski definition) is 4. The molecule has 6 aromatic carbocycles. The van der Waals surface area contributed by atoms with Gasteiger partial charge in [-0.25, -0.2) is 15.0 Å². The van der Waals surface area contributed by atoms with E-state index in [1.165, 1.54) is 27.6 Å². The highest BCUT2D eigenvalue weighted by Crippen LogP contribution is 2.47. The minimum atomic E-state index is 0.0230. The van der Waals surface area contributed by atoms with E-state index in [4.69, 9.17) is 19.4 Å². The van der Waals surface area contributed by atoms with Crippen molar-refractivity contribution in [3.05, 3.63) is 151 Å². The average Bonchev–Trinajstić information content (AvgIpc) is 3.51. The van der Waals surface area contributed by atoms with Gasteiger partial charge in [0.2, 0.25) is 0 Å². The van der Waals surface area contributed by atoms with E-state index in [9.17, 15) is 0 Å². The zero-order chi connectivity index (χ0) is 31.5. The monoisotopic (exact) mass is 605 g/mol. The Balaban J connectivity index is 1.18. The van der Waals surface area contributed by atoms with E-state index < -0.39 is 0 Å². The lowest BCUT2D eigenvalue weighted by atomic mass is 9.69. The lowest BCUT2D eigenvalue weighted by Crippen LogP contribution is -2.25. The molecule has 8 aromatic rings. The molecule has 2 heterocycles. The van der Waals surface area contributed by atoms with Gasteiger partial charge in [-0.1, -0.05) is 129 Å². The van der Waals surface area contributed by atoms with E-state index in [1.807, 2.05) is 60.7 Å². The minimum absolute atomic E-state index is 0.0230. The van der Waals surface area contributed by atoms with Crippen LogP contribution in [0, 0.1) is 0 Å². The first kappa shape index (κ1) is 27.4. The van der Waals surface area contributed by atoms with Gasteiger partial charge >= 0.3 is 0 Å². The fraction of sp³-hybridized carbons (Fsp3) is 0.0930. The Hall–Kier alpha value is -5.87. The van der Waals surface area contributed by atoms with E-state index in [1.54, 1.807) is 0 Å². The van der Waals surface area contributed by atoms with Crippen molar-refractivity contribution in [2.75, 3.05) is 0 Å². The van der Waals surface area contributed by atoms with Crippen LogP contribution in [0.5, 0.6) is 0 Å². The van der Waals surface area contributed by atoms with Gasteiger partial charge in [0.25, 0.3) is 0 Å². The van der Waals surface area contributed by atoms with Gasteiger partial charge in [-0.3, -0.25) is 0 Å². The molecule has 0 N–H and O–H groups in total. The molecular formula is C43H31N3O. The van der Waals surface area contributed by atoms with E-state index in [-0.39, 0.29) is 5.41 Å². The third kappa shape index (κ3) is 4.64. The normalized spacial score (nSPS) is 13.4. The first-order valence-corrected chi connectivity index (χ1v) is 16.1. The third-order valence-electron chi connectivity index (χ3n) is 9.46. The maximum atomic E-state index is 6.44. The summed E-state index contributed by atoms with van der Waals surface area (Å²) >= 11 is 0. The fourth-order valence-corrected chi connectivity index (χ4v) is 7.18. The summed E-state index contributed by atoms with van der Waals surface area (Å²) in [7, 11) is 0. The van der Waals surface area contributed by atoms with Crippen molar-refractivity contribution < 1.29 is 4.42 Å². The van der Waals surface area contributed by atoms with Crippen molar-refractivity contribution in [3.8, 4) is 56.4 Å². The Bertz CT molecular complexity index is 2400. The summed E-state index contributed by atoms with van der Waals surface area (Å²) in [5.41, 5.74) is 12.3. The third-order valence-corrected chi connectivity index (χ3v) is 9.46. The number of benzene rings is 6. The molecule has 4 nitrogen and oxygen atoms in total. The second-order valence-electron chi connectivity index (χ2n) is 13.0. The quantitative estimate of drug-likeness (QED) is 0.200. The van der Waals surface area contributed by atoms with Gasteiger partial charge in [-0.15, -0.1) is 0 Å². The Morgan fingerprint density at radius 1 is 0.489 bits per heavy atom.